The van der Waals surface area contributed by atoms with Gasteiger partial charge in [-0.2, -0.15) is 0 Å². The van der Waals surface area contributed by atoms with Crippen molar-refractivity contribution in [3.05, 3.63) is 33.5 Å². The Morgan fingerprint density at radius 3 is 2.73 bits per heavy atom. The molecule has 0 aliphatic carbocycles. The molecule has 0 amide bonds. The molecule has 0 saturated carbocycles. The number of nitrogens with one attached hydrogen (secondary N) is 1. The summed E-state index contributed by atoms with van der Waals surface area (Å²) in [5.74, 6) is -0.943. The summed E-state index contributed by atoms with van der Waals surface area (Å²) in [6, 6.07) is 2.12. The van der Waals surface area contributed by atoms with Crippen LogP contribution in [-0.2, 0) is 11.3 Å². The molecule has 1 rings (SSSR count). The highest BCUT2D eigenvalue weighted by atomic mass is 32.1. The third kappa shape index (κ3) is 3.49. The molecule has 0 atom stereocenters. The van der Waals surface area contributed by atoms with Crippen LogP contribution in [0, 0.1) is 13.8 Å². The van der Waals surface area contributed by atoms with Crippen LogP contribution in [-0.4, -0.2) is 17.6 Å². The summed E-state index contributed by atoms with van der Waals surface area (Å²) in [4.78, 5) is 13.0. The molecule has 0 bridgehead atoms. The van der Waals surface area contributed by atoms with Gasteiger partial charge in [-0.3, -0.25) is 0 Å². The Balaban J connectivity index is 2.38. The van der Waals surface area contributed by atoms with Crippen LogP contribution in [0.25, 0.3) is 0 Å². The summed E-state index contributed by atoms with van der Waals surface area (Å²) < 4.78 is 0. The molecule has 15 heavy (non-hydrogen) atoms. The molecule has 0 radical (unpaired) electrons. The van der Waals surface area contributed by atoms with Crippen LogP contribution in [0.3, 0.4) is 0 Å². The molecule has 0 spiro atoms. The first kappa shape index (κ1) is 11.9. The van der Waals surface area contributed by atoms with Gasteiger partial charge in [-0.15, -0.1) is 11.3 Å². The lowest BCUT2D eigenvalue weighted by atomic mass is 10.3. The van der Waals surface area contributed by atoms with Gasteiger partial charge < -0.3 is 10.4 Å². The minimum atomic E-state index is -0.943. The highest BCUT2D eigenvalue weighted by Gasteiger charge is 2.04. The van der Waals surface area contributed by atoms with E-state index in [9.17, 15) is 4.79 Å². The molecule has 1 aromatic heterocycles. The van der Waals surface area contributed by atoms with E-state index >= 15 is 0 Å². The SMILES string of the molecule is C=C(CNCc1cc(C)c(C)s1)C(=O)O. The van der Waals surface area contributed by atoms with E-state index in [0.717, 1.165) is 0 Å². The summed E-state index contributed by atoms with van der Waals surface area (Å²) >= 11 is 1.73. The summed E-state index contributed by atoms with van der Waals surface area (Å²) in [6.45, 7) is 8.63. The van der Waals surface area contributed by atoms with Crippen LogP contribution in [0.5, 0.6) is 0 Å². The van der Waals surface area contributed by atoms with Crippen molar-refractivity contribution in [1.82, 2.24) is 5.32 Å². The van der Waals surface area contributed by atoms with E-state index in [1.807, 2.05) is 0 Å². The lowest BCUT2D eigenvalue weighted by Gasteiger charge is -2.01. The van der Waals surface area contributed by atoms with Crippen molar-refractivity contribution in [1.29, 1.82) is 0 Å². The number of hydrogen-bond acceptors (Lipinski definition) is 3. The van der Waals surface area contributed by atoms with Crippen molar-refractivity contribution in [3.63, 3.8) is 0 Å². The zero-order valence-electron chi connectivity index (χ0n) is 8.96. The van der Waals surface area contributed by atoms with Gasteiger partial charge in [0, 0.05) is 28.4 Å². The first-order chi connectivity index (χ1) is 7.00. The van der Waals surface area contributed by atoms with Gasteiger partial charge in [-0.05, 0) is 25.5 Å². The van der Waals surface area contributed by atoms with Crippen LogP contribution in [0.4, 0.5) is 0 Å². The smallest absolute Gasteiger partial charge is 0.332 e. The lowest BCUT2D eigenvalue weighted by molar-refractivity contribution is -0.132. The largest absolute Gasteiger partial charge is 0.478 e. The topological polar surface area (TPSA) is 49.3 Å². The Bertz CT molecular complexity index is 362. The highest BCUT2D eigenvalue weighted by molar-refractivity contribution is 7.12. The van der Waals surface area contributed by atoms with Crippen LogP contribution in [0.2, 0.25) is 0 Å². The highest BCUT2D eigenvalue weighted by Crippen LogP contribution is 2.20. The molecule has 4 heteroatoms. The van der Waals surface area contributed by atoms with Gasteiger partial charge in [0.1, 0.15) is 0 Å². The predicted molar refractivity (Wildman–Crippen MR) is 62.3 cm³/mol. The quantitative estimate of drug-likeness (QED) is 0.754. The number of carbonyl (C=O) groups is 1. The van der Waals surface area contributed by atoms with Crippen LogP contribution < -0.4 is 5.32 Å². The van der Waals surface area contributed by atoms with Gasteiger partial charge in [0.05, 0.1) is 0 Å². The standard InChI is InChI=1S/C11H15NO2S/c1-7-4-10(15-9(7)3)6-12-5-8(2)11(13)14/h4,12H,2,5-6H2,1,3H3,(H,13,14). The Hall–Kier alpha value is -1.13. The van der Waals surface area contributed by atoms with Crippen molar-refractivity contribution >= 4 is 17.3 Å². The molecule has 0 aliphatic heterocycles. The maximum absolute atomic E-state index is 10.5. The monoisotopic (exact) mass is 225 g/mol. The number of carboxylic acid groups (broad SMARTS) is 1. The first-order valence-corrected chi connectivity index (χ1v) is 5.50. The van der Waals surface area contributed by atoms with E-state index in [4.69, 9.17) is 5.11 Å². The van der Waals surface area contributed by atoms with Gasteiger partial charge in [-0.25, -0.2) is 4.79 Å². The van der Waals surface area contributed by atoms with Gasteiger partial charge in [0.15, 0.2) is 0 Å². The van der Waals surface area contributed by atoms with E-state index in [1.165, 1.54) is 15.3 Å². The fourth-order valence-electron chi connectivity index (χ4n) is 1.15. The predicted octanol–water partition coefficient (Wildman–Crippen LogP) is 2.10. The van der Waals surface area contributed by atoms with E-state index in [0.29, 0.717) is 13.1 Å². The molecule has 2 N–H and O–H groups in total. The summed E-state index contributed by atoms with van der Waals surface area (Å²) in [5, 5.41) is 11.6. The van der Waals surface area contributed by atoms with Gasteiger partial charge >= 0.3 is 5.97 Å². The van der Waals surface area contributed by atoms with Gasteiger partial charge in [0.25, 0.3) is 0 Å². The van der Waals surface area contributed by atoms with Crippen molar-refractivity contribution < 1.29 is 9.90 Å². The molecular weight excluding hydrogens is 210 g/mol. The number of rotatable bonds is 5. The molecular formula is C11H15NO2S. The summed E-state index contributed by atoms with van der Waals surface area (Å²) in [7, 11) is 0. The minimum Gasteiger partial charge on any atom is -0.478 e. The summed E-state index contributed by atoms with van der Waals surface area (Å²) in [5.41, 5.74) is 1.48. The van der Waals surface area contributed by atoms with E-state index in [2.05, 4.69) is 31.8 Å². The van der Waals surface area contributed by atoms with Crippen LogP contribution in [0.1, 0.15) is 15.3 Å². The second-order valence-corrected chi connectivity index (χ2v) is 4.81. The molecule has 0 fully saturated rings. The lowest BCUT2D eigenvalue weighted by Crippen LogP contribution is -2.19. The number of aryl methyl sites for hydroxylation is 2. The number of carboxylic acids is 1. The second kappa shape index (κ2) is 5.09. The molecule has 1 heterocycles. The van der Waals surface area contributed by atoms with E-state index < -0.39 is 5.97 Å². The maximum atomic E-state index is 10.5. The molecule has 0 aromatic carbocycles. The van der Waals surface area contributed by atoms with Crippen molar-refractivity contribution in [2.75, 3.05) is 6.54 Å². The zero-order chi connectivity index (χ0) is 11.4. The van der Waals surface area contributed by atoms with E-state index in [1.54, 1.807) is 11.3 Å². The maximum Gasteiger partial charge on any atom is 0.332 e. The molecule has 0 saturated heterocycles. The Labute approximate surface area is 93.4 Å². The number of aliphatic carboxylic acids is 1. The fraction of sp³-hybridized carbons (Fsp3) is 0.364. The average Bonchev–Trinajstić information content (AvgIpc) is 2.46. The summed E-state index contributed by atoms with van der Waals surface area (Å²) in [6.07, 6.45) is 0. The Morgan fingerprint density at radius 2 is 2.27 bits per heavy atom. The molecule has 3 nitrogen and oxygen atoms in total. The number of thiophene rings is 1. The molecule has 0 unspecified atom stereocenters. The van der Waals surface area contributed by atoms with Crippen LogP contribution >= 0.6 is 11.3 Å². The fourth-order valence-corrected chi connectivity index (χ4v) is 2.17. The van der Waals surface area contributed by atoms with Crippen LogP contribution in [0.15, 0.2) is 18.2 Å². The average molecular weight is 225 g/mol. The third-order valence-electron chi connectivity index (χ3n) is 2.16. The second-order valence-electron chi connectivity index (χ2n) is 3.46. The molecule has 82 valence electrons. The Morgan fingerprint density at radius 1 is 1.60 bits per heavy atom. The molecule has 0 aliphatic rings. The van der Waals surface area contributed by atoms with Crippen molar-refractivity contribution in [3.8, 4) is 0 Å². The van der Waals surface area contributed by atoms with Crippen molar-refractivity contribution in [2.45, 2.75) is 20.4 Å². The Kier molecular flexibility index (Phi) is 4.05. The number of hydrogen-bond donors (Lipinski definition) is 2. The minimum absolute atomic E-state index is 0.194. The van der Waals surface area contributed by atoms with E-state index in [-0.39, 0.29) is 5.57 Å². The van der Waals surface area contributed by atoms with Crippen molar-refractivity contribution in [2.24, 2.45) is 0 Å². The molecule has 1 aromatic rings. The zero-order valence-corrected chi connectivity index (χ0v) is 9.78. The third-order valence-corrected chi connectivity index (χ3v) is 3.31. The van der Waals surface area contributed by atoms with Gasteiger partial charge in [0.2, 0.25) is 0 Å². The first-order valence-electron chi connectivity index (χ1n) is 4.68. The normalized spacial score (nSPS) is 10.3. The van der Waals surface area contributed by atoms with Gasteiger partial charge in [-0.1, -0.05) is 6.58 Å².